The molecular weight excluding hydrogens is 552 g/mol. The Kier molecular flexibility index (Phi) is 11.0. The minimum Gasteiger partial charge on any atom is -1.00 e. The second kappa shape index (κ2) is 14.2. The van der Waals surface area contributed by atoms with E-state index < -0.39 is 0 Å². The molecule has 3 heterocycles. The van der Waals surface area contributed by atoms with E-state index in [1.807, 2.05) is 89.0 Å². The number of aryl methyl sites for hydroxylation is 1. The van der Waals surface area contributed by atoms with Crippen molar-refractivity contribution in [2.45, 2.75) is 20.9 Å². The number of carbonyl (C=O) groups excluding carboxylic acids is 2. The minimum atomic E-state index is -0.0457. The highest BCUT2D eigenvalue weighted by Gasteiger charge is 2.14. The summed E-state index contributed by atoms with van der Waals surface area (Å²) >= 11 is 0. The van der Waals surface area contributed by atoms with Crippen molar-refractivity contribution in [3.63, 3.8) is 0 Å². The number of fused-ring (bicyclic) bond motifs is 1. The van der Waals surface area contributed by atoms with Crippen molar-refractivity contribution in [1.29, 1.82) is 10.5 Å². The molecule has 0 aliphatic rings. The van der Waals surface area contributed by atoms with Crippen molar-refractivity contribution in [3.8, 4) is 12.1 Å². The van der Waals surface area contributed by atoms with Gasteiger partial charge in [-0.05, 0) is 72.8 Å². The van der Waals surface area contributed by atoms with Crippen LogP contribution in [0.25, 0.3) is 5.52 Å². The van der Waals surface area contributed by atoms with Gasteiger partial charge < -0.3 is 21.4 Å². The first-order valence-electron chi connectivity index (χ1n) is 11.6. The molecule has 0 saturated carbocycles. The zero-order valence-corrected chi connectivity index (χ0v) is 22.2. The van der Waals surface area contributed by atoms with Crippen molar-refractivity contribution in [2.75, 3.05) is 0 Å². The van der Waals surface area contributed by atoms with Crippen LogP contribution in [0.2, 0.25) is 0 Å². The van der Waals surface area contributed by atoms with E-state index in [4.69, 9.17) is 10.5 Å². The van der Waals surface area contributed by atoms with Crippen LogP contribution < -0.4 is 21.5 Å². The summed E-state index contributed by atoms with van der Waals surface area (Å²) < 4.78 is 3.76. The van der Waals surface area contributed by atoms with Crippen LogP contribution in [0.1, 0.15) is 50.7 Å². The number of halogens is 1. The number of hydrogen-bond acceptors (Lipinski definition) is 4. The zero-order valence-electron chi connectivity index (χ0n) is 20.6. The van der Waals surface area contributed by atoms with Crippen LogP contribution in [0.15, 0.2) is 109 Å². The topological polar surface area (TPSA) is 90.0 Å². The van der Waals surface area contributed by atoms with E-state index in [2.05, 4.69) is 0 Å². The Morgan fingerprint density at radius 2 is 1.36 bits per heavy atom. The van der Waals surface area contributed by atoms with E-state index in [-0.39, 0.29) is 36.0 Å². The van der Waals surface area contributed by atoms with Gasteiger partial charge in [0.05, 0.1) is 29.0 Å². The maximum Gasteiger partial charge on any atom is 0.227 e. The second-order valence-corrected chi connectivity index (χ2v) is 8.31. The summed E-state index contributed by atoms with van der Waals surface area (Å²) in [5.74, 6) is -0.00511. The lowest BCUT2D eigenvalue weighted by Gasteiger charge is -2.02. The normalized spacial score (nSPS) is 9.51. The Bertz CT molecular complexity index is 1660. The van der Waals surface area contributed by atoms with Crippen molar-refractivity contribution in [1.82, 2.24) is 4.40 Å². The molecule has 0 fully saturated rings. The maximum absolute atomic E-state index is 12.4. The Morgan fingerprint density at radius 3 is 1.95 bits per heavy atom. The summed E-state index contributed by atoms with van der Waals surface area (Å²) in [7, 11) is 0. The van der Waals surface area contributed by atoms with Gasteiger partial charge in [0.25, 0.3) is 0 Å². The number of Topliss-reactive ketones (excluding diaryl/α,β-unsaturated/α-hetero) is 1. The van der Waals surface area contributed by atoms with Crippen LogP contribution in [0, 0.1) is 29.6 Å². The van der Waals surface area contributed by atoms with Crippen LogP contribution in [0.5, 0.6) is 0 Å². The Hall–Kier alpha value is -4.85. The van der Waals surface area contributed by atoms with Crippen molar-refractivity contribution in [2.24, 2.45) is 0 Å². The summed E-state index contributed by atoms with van der Waals surface area (Å²) in [6.45, 7) is 2.28. The number of hydrogen-bond donors (Lipinski definition) is 0. The third-order valence-corrected chi connectivity index (χ3v) is 5.89. The third-order valence-electron chi connectivity index (χ3n) is 5.89. The number of aromatic nitrogens is 2. The van der Waals surface area contributed by atoms with Crippen molar-refractivity contribution < 1.29 is 31.1 Å². The highest BCUT2D eigenvalue weighted by atomic mass is 79.9. The molecule has 194 valence electrons. The Labute approximate surface area is 238 Å². The second-order valence-electron chi connectivity index (χ2n) is 8.31. The number of ketones is 2. The molecule has 0 aliphatic carbocycles. The Balaban J connectivity index is 0.000000261. The van der Waals surface area contributed by atoms with Crippen LogP contribution >= 0.6 is 0 Å². The first kappa shape index (κ1) is 30.4. The third kappa shape index (κ3) is 7.35. The van der Waals surface area contributed by atoms with Crippen LogP contribution in [0.3, 0.4) is 0 Å². The number of benzene rings is 2. The summed E-state index contributed by atoms with van der Waals surface area (Å²) in [4.78, 5) is 24.5. The van der Waals surface area contributed by atoms with Gasteiger partial charge in [0.2, 0.25) is 18.1 Å². The molecule has 0 bridgehead atoms. The molecule has 0 radical (unpaired) electrons. The highest BCUT2D eigenvalue weighted by Crippen LogP contribution is 2.15. The SMILES string of the molecule is C.Cc1cccc[n+]1CC(=O)c1ccc(C#N)cc1.N#Cc1ccc(C(=O)c2ccc3ccccn23)cc1.[Br-]. The number of nitrogens with zero attached hydrogens (tertiary/aromatic N) is 4. The average Bonchev–Trinajstić information content (AvgIpc) is 3.38. The number of pyridine rings is 2. The number of carbonyl (C=O) groups is 2. The minimum absolute atomic E-state index is 0. The quantitative estimate of drug-likeness (QED) is 0.237. The van der Waals surface area contributed by atoms with Gasteiger partial charge in [0, 0.05) is 41.9 Å². The van der Waals surface area contributed by atoms with Crippen molar-refractivity contribution >= 4 is 17.1 Å². The predicted molar refractivity (Wildman–Crippen MR) is 146 cm³/mol. The lowest BCUT2D eigenvalue weighted by atomic mass is 10.1. The van der Waals surface area contributed by atoms with E-state index >= 15 is 0 Å². The monoisotopic (exact) mass is 578 g/mol. The lowest BCUT2D eigenvalue weighted by molar-refractivity contribution is -0.689. The molecule has 0 unspecified atom stereocenters. The van der Waals surface area contributed by atoms with Gasteiger partial charge >= 0.3 is 0 Å². The summed E-state index contributed by atoms with van der Waals surface area (Å²) in [5, 5.41) is 17.5. The van der Waals surface area contributed by atoms with Gasteiger partial charge in [-0.15, -0.1) is 0 Å². The summed E-state index contributed by atoms with van der Waals surface area (Å²) in [5.41, 5.74) is 4.98. The molecule has 0 amide bonds. The predicted octanol–water partition coefficient (Wildman–Crippen LogP) is 2.72. The van der Waals surface area contributed by atoms with Gasteiger partial charge in [-0.25, -0.2) is 0 Å². The molecule has 0 spiro atoms. The van der Waals surface area contributed by atoms with Gasteiger partial charge in [-0.3, -0.25) is 9.59 Å². The fraction of sp³-hybridized carbons (Fsp3) is 0.0938. The fourth-order valence-electron chi connectivity index (χ4n) is 3.80. The molecule has 2 aromatic carbocycles. The lowest BCUT2D eigenvalue weighted by Crippen LogP contribution is -3.00. The van der Waals surface area contributed by atoms with Gasteiger partial charge in [-0.1, -0.05) is 19.6 Å². The first-order valence-corrected chi connectivity index (χ1v) is 11.6. The van der Waals surface area contributed by atoms with E-state index in [1.54, 1.807) is 48.5 Å². The number of nitriles is 2. The molecule has 5 aromatic rings. The van der Waals surface area contributed by atoms with Crippen molar-refractivity contribution in [3.05, 3.63) is 143 Å². The molecule has 0 saturated heterocycles. The molecule has 0 aliphatic heterocycles. The molecule has 6 nitrogen and oxygen atoms in total. The fourth-order valence-corrected chi connectivity index (χ4v) is 3.80. The summed E-state index contributed by atoms with van der Waals surface area (Å²) in [6, 6.07) is 32.8. The smallest absolute Gasteiger partial charge is 0.227 e. The molecular formula is C32H27BrN4O2. The largest absolute Gasteiger partial charge is 1.00 e. The van der Waals surface area contributed by atoms with E-state index in [1.165, 1.54) is 0 Å². The molecule has 7 heteroatoms. The van der Waals surface area contributed by atoms with Gasteiger partial charge in [0.1, 0.15) is 0 Å². The molecule has 0 atom stereocenters. The van der Waals surface area contributed by atoms with E-state index in [0.29, 0.717) is 34.5 Å². The van der Waals surface area contributed by atoms with Crippen LogP contribution in [0.4, 0.5) is 0 Å². The van der Waals surface area contributed by atoms with E-state index in [9.17, 15) is 9.59 Å². The molecule has 39 heavy (non-hydrogen) atoms. The Morgan fingerprint density at radius 1 is 0.769 bits per heavy atom. The highest BCUT2D eigenvalue weighted by molar-refractivity contribution is 6.08. The molecule has 3 aromatic heterocycles. The van der Waals surface area contributed by atoms with E-state index in [0.717, 1.165) is 11.2 Å². The van der Waals surface area contributed by atoms with Crippen LogP contribution in [-0.2, 0) is 6.54 Å². The average molecular weight is 579 g/mol. The first-order chi connectivity index (χ1) is 18.0. The zero-order chi connectivity index (χ0) is 26.2. The van der Waals surface area contributed by atoms with Crippen LogP contribution in [-0.4, -0.2) is 16.0 Å². The molecule has 5 rings (SSSR count). The maximum atomic E-state index is 12.4. The van der Waals surface area contributed by atoms with Gasteiger partial charge in [0.15, 0.2) is 11.9 Å². The standard InChI is InChI=1S/C16H10N2O.C15H13N2O.CH4.BrH/c17-11-12-4-6-13(7-5-12)16(19)15-9-8-14-3-1-2-10-18(14)15;1-12-4-2-3-9-17(12)11-15(18)14-7-5-13(10-16)6-8-14;;/h1-10H;2-9H,11H2,1H3;1H4;1H/q;+1;;/p-1. The number of rotatable bonds is 5. The molecule has 0 N–H and O–H groups in total. The van der Waals surface area contributed by atoms with Gasteiger partial charge in [-0.2, -0.15) is 15.1 Å². The summed E-state index contributed by atoms with van der Waals surface area (Å²) in [6.07, 6.45) is 3.75.